The van der Waals surface area contributed by atoms with Gasteiger partial charge in [-0.3, -0.25) is 0 Å². The van der Waals surface area contributed by atoms with Crippen LogP contribution in [-0.4, -0.2) is 30.1 Å². The maximum Gasteiger partial charge on any atom is 0.191 e. The first-order chi connectivity index (χ1) is 10.2. The summed E-state index contributed by atoms with van der Waals surface area (Å²) in [6, 6.07) is 5.60. The Labute approximate surface area is 138 Å². The van der Waals surface area contributed by atoms with Crippen LogP contribution in [0.1, 0.15) is 25.3 Å². The number of nitrogens with zero attached hydrogens (tertiary/aromatic N) is 1. The zero-order chi connectivity index (χ0) is 15.1. The number of hydrogen-bond acceptors (Lipinski definition) is 2. The molecule has 1 aromatic carbocycles. The Balaban J connectivity index is 1.97. The van der Waals surface area contributed by atoms with Crippen LogP contribution in [0.2, 0.25) is 0 Å². The number of aliphatic imine (C=N–C) groups is 1. The van der Waals surface area contributed by atoms with Crippen LogP contribution in [0.5, 0.6) is 0 Å². The van der Waals surface area contributed by atoms with E-state index in [-0.39, 0.29) is 5.82 Å². The highest BCUT2D eigenvalue weighted by Gasteiger charge is 2.14. The number of rotatable bonds is 4. The van der Waals surface area contributed by atoms with Gasteiger partial charge in [0.15, 0.2) is 5.96 Å². The van der Waals surface area contributed by atoms with Gasteiger partial charge in [0.05, 0.1) is 11.0 Å². The molecule has 2 N–H and O–H groups in total. The van der Waals surface area contributed by atoms with Crippen molar-refractivity contribution in [3.63, 3.8) is 0 Å². The fourth-order valence-corrected chi connectivity index (χ4v) is 3.49. The third-order valence-corrected chi connectivity index (χ3v) is 5.11. The molecule has 0 aromatic heterocycles. The van der Waals surface area contributed by atoms with Gasteiger partial charge in [0.1, 0.15) is 5.82 Å². The Hall–Kier alpha value is -0.750. The van der Waals surface area contributed by atoms with Gasteiger partial charge in [0, 0.05) is 18.3 Å². The van der Waals surface area contributed by atoms with Crippen molar-refractivity contribution in [2.75, 3.05) is 18.1 Å². The maximum atomic E-state index is 13.5. The van der Waals surface area contributed by atoms with E-state index in [1.165, 1.54) is 24.7 Å². The molecule has 0 spiro atoms. The van der Waals surface area contributed by atoms with Gasteiger partial charge in [-0.25, -0.2) is 9.38 Å². The summed E-state index contributed by atoms with van der Waals surface area (Å²) < 4.78 is 14.0. The fraction of sp³-hybridized carbons (Fsp3) is 0.533. The largest absolute Gasteiger partial charge is 0.357 e. The van der Waals surface area contributed by atoms with Gasteiger partial charge in [0.2, 0.25) is 0 Å². The molecule has 1 fully saturated rings. The average molecular weight is 374 g/mol. The summed E-state index contributed by atoms with van der Waals surface area (Å²) >= 11 is 5.14. The molecule has 0 bridgehead atoms. The van der Waals surface area contributed by atoms with E-state index in [1.807, 2.05) is 24.8 Å². The highest BCUT2D eigenvalue weighted by molar-refractivity contribution is 9.10. The van der Waals surface area contributed by atoms with Crippen molar-refractivity contribution in [2.45, 2.75) is 32.4 Å². The predicted octanol–water partition coefficient (Wildman–Crippen LogP) is 3.54. The maximum absolute atomic E-state index is 13.5. The van der Waals surface area contributed by atoms with Gasteiger partial charge < -0.3 is 10.6 Å². The minimum absolute atomic E-state index is 0.246. The second-order valence-corrected chi connectivity index (χ2v) is 7.01. The van der Waals surface area contributed by atoms with Crippen molar-refractivity contribution in [1.29, 1.82) is 0 Å². The number of hydrogen-bond donors (Lipinski definition) is 2. The molecule has 1 aliphatic heterocycles. The van der Waals surface area contributed by atoms with Crippen molar-refractivity contribution in [1.82, 2.24) is 10.6 Å². The lowest BCUT2D eigenvalue weighted by Crippen LogP contribution is -2.45. The Morgan fingerprint density at radius 1 is 1.52 bits per heavy atom. The average Bonchev–Trinajstić information content (AvgIpc) is 2.49. The summed E-state index contributed by atoms with van der Waals surface area (Å²) in [4.78, 5) is 4.55. The molecular formula is C15H21BrFN3S. The van der Waals surface area contributed by atoms with Crippen molar-refractivity contribution >= 4 is 33.7 Å². The Morgan fingerprint density at radius 2 is 2.38 bits per heavy atom. The lowest BCUT2D eigenvalue weighted by atomic mass is 10.2. The summed E-state index contributed by atoms with van der Waals surface area (Å²) in [6.45, 7) is 3.34. The molecule has 1 heterocycles. The van der Waals surface area contributed by atoms with Crippen LogP contribution >= 0.6 is 27.7 Å². The SMILES string of the molecule is CCNC(=NCc1ccc(Br)c(F)c1)NC1CCCSC1. The summed E-state index contributed by atoms with van der Waals surface area (Å²) in [5.74, 6) is 2.94. The molecule has 116 valence electrons. The molecule has 21 heavy (non-hydrogen) atoms. The van der Waals surface area contributed by atoms with E-state index >= 15 is 0 Å². The van der Waals surface area contributed by atoms with Crippen LogP contribution in [0.15, 0.2) is 27.7 Å². The first kappa shape index (κ1) is 16.6. The molecule has 6 heteroatoms. The standard InChI is InChI=1S/C15H21BrFN3S/c1-2-18-15(20-12-4-3-7-21-10-12)19-9-11-5-6-13(16)14(17)8-11/h5-6,8,12H,2-4,7,9-10H2,1H3,(H2,18,19,20). The molecule has 0 aliphatic carbocycles. The lowest BCUT2D eigenvalue weighted by molar-refractivity contribution is 0.582. The summed E-state index contributed by atoms with van der Waals surface area (Å²) in [6.07, 6.45) is 2.43. The van der Waals surface area contributed by atoms with Crippen molar-refractivity contribution < 1.29 is 4.39 Å². The van der Waals surface area contributed by atoms with Crippen LogP contribution < -0.4 is 10.6 Å². The minimum atomic E-state index is -0.246. The predicted molar refractivity (Wildman–Crippen MR) is 92.4 cm³/mol. The summed E-state index contributed by atoms with van der Waals surface area (Å²) in [7, 11) is 0. The molecular weight excluding hydrogens is 353 g/mol. The van der Waals surface area contributed by atoms with E-state index in [0.717, 1.165) is 23.8 Å². The van der Waals surface area contributed by atoms with E-state index in [1.54, 1.807) is 6.07 Å². The van der Waals surface area contributed by atoms with E-state index in [9.17, 15) is 4.39 Å². The Bertz CT molecular complexity index is 490. The molecule has 0 saturated carbocycles. The molecule has 1 aromatic rings. The number of halogens is 2. The third-order valence-electron chi connectivity index (χ3n) is 3.25. The highest BCUT2D eigenvalue weighted by Crippen LogP contribution is 2.18. The lowest BCUT2D eigenvalue weighted by Gasteiger charge is -2.24. The number of nitrogens with one attached hydrogen (secondary N) is 2. The molecule has 1 atom stereocenters. The highest BCUT2D eigenvalue weighted by atomic mass is 79.9. The van der Waals surface area contributed by atoms with Gasteiger partial charge >= 0.3 is 0 Å². The smallest absolute Gasteiger partial charge is 0.191 e. The molecule has 0 amide bonds. The van der Waals surface area contributed by atoms with Crippen molar-refractivity contribution in [3.05, 3.63) is 34.1 Å². The topological polar surface area (TPSA) is 36.4 Å². The zero-order valence-corrected chi connectivity index (χ0v) is 14.6. The number of guanidine groups is 1. The van der Waals surface area contributed by atoms with Gasteiger partial charge in [-0.2, -0.15) is 11.8 Å². The summed E-state index contributed by atoms with van der Waals surface area (Å²) in [5, 5.41) is 6.72. The molecule has 0 radical (unpaired) electrons. The van der Waals surface area contributed by atoms with Gasteiger partial charge in [0.25, 0.3) is 0 Å². The van der Waals surface area contributed by atoms with Crippen LogP contribution in [0.25, 0.3) is 0 Å². The minimum Gasteiger partial charge on any atom is -0.357 e. The van der Waals surface area contributed by atoms with Gasteiger partial charge in [-0.05, 0) is 59.1 Å². The third kappa shape index (κ3) is 5.51. The second kappa shape index (κ2) is 8.63. The number of benzene rings is 1. The van der Waals surface area contributed by atoms with Crippen molar-refractivity contribution in [3.8, 4) is 0 Å². The Kier molecular flexibility index (Phi) is 6.83. The first-order valence-corrected chi connectivity index (χ1v) is 9.20. The monoisotopic (exact) mass is 373 g/mol. The van der Waals surface area contributed by atoms with Gasteiger partial charge in [-0.1, -0.05) is 6.07 Å². The van der Waals surface area contributed by atoms with Crippen LogP contribution in [0, 0.1) is 5.82 Å². The van der Waals surface area contributed by atoms with Crippen LogP contribution in [-0.2, 0) is 6.54 Å². The Morgan fingerprint density at radius 3 is 3.05 bits per heavy atom. The summed E-state index contributed by atoms with van der Waals surface area (Å²) in [5.41, 5.74) is 0.867. The van der Waals surface area contributed by atoms with E-state index in [4.69, 9.17) is 0 Å². The fourth-order valence-electron chi connectivity index (χ4n) is 2.18. The van der Waals surface area contributed by atoms with E-state index in [0.29, 0.717) is 17.1 Å². The molecule has 2 rings (SSSR count). The normalized spacial score (nSPS) is 19.4. The van der Waals surface area contributed by atoms with Crippen LogP contribution in [0.3, 0.4) is 0 Å². The quantitative estimate of drug-likeness (QED) is 0.625. The van der Waals surface area contributed by atoms with Gasteiger partial charge in [-0.15, -0.1) is 0 Å². The van der Waals surface area contributed by atoms with E-state index in [2.05, 4.69) is 31.6 Å². The second-order valence-electron chi connectivity index (χ2n) is 5.00. The molecule has 3 nitrogen and oxygen atoms in total. The molecule has 1 aliphatic rings. The van der Waals surface area contributed by atoms with Crippen LogP contribution in [0.4, 0.5) is 4.39 Å². The van der Waals surface area contributed by atoms with E-state index < -0.39 is 0 Å². The van der Waals surface area contributed by atoms with Crippen molar-refractivity contribution in [2.24, 2.45) is 4.99 Å². The first-order valence-electron chi connectivity index (χ1n) is 7.25. The molecule has 1 saturated heterocycles. The molecule has 1 unspecified atom stereocenters. The number of thioether (sulfide) groups is 1. The zero-order valence-electron chi connectivity index (χ0n) is 12.2.